The maximum Gasteiger partial charge on any atom is 0.335 e. The van der Waals surface area contributed by atoms with E-state index >= 15 is 0 Å². The number of hydrogen-bond donors (Lipinski definition) is 4. The van der Waals surface area contributed by atoms with Crippen molar-refractivity contribution in [3.05, 3.63) is 29.3 Å². The first kappa shape index (κ1) is 12.9. The quantitative estimate of drug-likeness (QED) is 0.593. The third-order valence-corrected chi connectivity index (χ3v) is 3.31. The van der Waals surface area contributed by atoms with Crippen LogP contribution in [0, 0.1) is 0 Å². The zero-order chi connectivity index (χ0) is 13.0. The van der Waals surface area contributed by atoms with Crippen molar-refractivity contribution in [2.45, 2.75) is 25.4 Å². The van der Waals surface area contributed by atoms with Crippen LogP contribution in [0.5, 0.6) is 0 Å². The molecule has 0 aromatic heterocycles. The molecule has 0 radical (unpaired) electrons. The number of nitrogen functional groups attached to an aromatic ring is 1. The number of nitrogens with one attached hydrogen (secondary N) is 2. The monoisotopic (exact) mass is 249 g/mol. The number of carboxylic acid groups (broad SMARTS) is 1. The second-order valence-electron chi connectivity index (χ2n) is 4.62. The first-order valence-electron chi connectivity index (χ1n) is 6.22. The number of nitrogens with two attached hydrogens (primary N) is 1. The van der Waals surface area contributed by atoms with E-state index in [-0.39, 0.29) is 5.56 Å². The Hall–Kier alpha value is -1.59. The molecule has 1 heterocycles. The number of benzene rings is 1. The van der Waals surface area contributed by atoms with Crippen molar-refractivity contribution < 1.29 is 9.90 Å². The van der Waals surface area contributed by atoms with E-state index in [0.717, 1.165) is 31.5 Å². The molecule has 1 saturated heterocycles. The third-order valence-electron chi connectivity index (χ3n) is 3.31. The molecule has 5 nitrogen and oxygen atoms in total. The fraction of sp³-hybridized carbons (Fsp3) is 0.462. The molecule has 98 valence electrons. The SMILES string of the molecule is Nc1cc(C(=O)O)ccc1CNC1CCNCC1. The van der Waals surface area contributed by atoms with Crippen LogP contribution in [-0.4, -0.2) is 30.2 Å². The van der Waals surface area contributed by atoms with Crippen molar-refractivity contribution >= 4 is 11.7 Å². The lowest BCUT2D eigenvalue weighted by Crippen LogP contribution is -2.39. The van der Waals surface area contributed by atoms with Crippen LogP contribution in [0.4, 0.5) is 5.69 Å². The summed E-state index contributed by atoms with van der Waals surface area (Å²) in [6.07, 6.45) is 2.24. The highest BCUT2D eigenvalue weighted by atomic mass is 16.4. The van der Waals surface area contributed by atoms with Gasteiger partial charge in [-0.25, -0.2) is 4.79 Å². The lowest BCUT2D eigenvalue weighted by atomic mass is 10.1. The largest absolute Gasteiger partial charge is 0.478 e. The topological polar surface area (TPSA) is 87.4 Å². The minimum absolute atomic E-state index is 0.234. The van der Waals surface area contributed by atoms with E-state index in [9.17, 15) is 4.79 Å². The number of hydrogen-bond acceptors (Lipinski definition) is 4. The van der Waals surface area contributed by atoms with E-state index in [0.29, 0.717) is 18.3 Å². The first-order valence-corrected chi connectivity index (χ1v) is 6.22. The Bertz CT molecular complexity index is 428. The van der Waals surface area contributed by atoms with E-state index in [4.69, 9.17) is 10.8 Å². The first-order chi connectivity index (χ1) is 8.66. The molecule has 1 aromatic carbocycles. The van der Waals surface area contributed by atoms with E-state index in [1.54, 1.807) is 12.1 Å². The molecule has 0 bridgehead atoms. The Kier molecular flexibility index (Phi) is 4.17. The number of carbonyl (C=O) groups is 1. The second-order valence-corrected chi connectivity index (χ2v) is 4.62. The Balaban J connectivity index is 1.94. The smallest absolute Gasteiger partial charge is 0.335 e. The molecule has 5 heteroatoms. The molecule has 0 saturated carbocycles. The Morgan fingerprint density at radius 2 is 2.17 bits per heavy atom. The number of carboxylic acids is 1. The summed E-state index contributed by atoms with van der Waals surface area (Å²) in [7, 11) is 0. The maximum absolute atomic E-state index is 10.8. The van der Waals surface area contributed by atoms with Crippen molar-refractivity contribution in [2.24, 2.45) is 0 Å². The highest BCUT2D eigenvalue weighted by Crippen LogP contribution is 2.15. The number of anilines is 1. The van der Waals surface area contributed by atoms with Gasteiger partial charge in [0.25, 0.3) is 0 Å². The average Bonchev–Trinajstić information content (AvgIpc) is 2.38. The highest BCUT2D eigenvalue weighted by Gasteiger charge is 2.13. The number of piperidine rings is 1. The molecular formula is C13H19N3O2. The van der Waals surface area contributed by atoms with Gasteiger partial charge in [0, 0.05) is 18.3 Å². The summed E-state index contributed by atoms with van der Waals surface area (Å²) >= 11 is 0. The van der Waals surface area contributed by atoms with Gasteiger partial charge in [-0.15, -0.1) is 0 Å². The van der Waals surface area contributed by atoms with Gasteiger partial charge in [0.05, 0.1) is 5.56 Å². The van der Waals surface area contributed by atoms with Crippen molar-refractivity contribution in [1.29, 1.82) is 0 Å². The molecule has 0 spiro atoms. The van der Waals surface area contributed by atoms with Crippen LogP contribution < -0.4 is 16.4 Å². The summed E-state index contributed by atoms with van der Waals surface area (Å²) in [6, 6.07) is 5.41. The van der Waals surface area contributed by atoms with E-state index < -0.39 is 5.97 Å². The zero-order valence-electron chi connectivity index (χ0n) is 10.3. The summed E-state index contributed by atoms with van der Waals surface area (Å²) in [6.45, 7) is 2.78. The fourth-order valence-corrected chi connectivity index (χ4v) is 2.17. The number of rotatable bonds is 4. The summed E-state index contributed by atoms with van der Waals surface area (Å²) in [4.78, 5) is 10.8. The van der Waals surface area contributed by atoms with Gasteiger partial charge in [-0.2, -0.15) is 0 Å². The summed E-state index contributed by atoms with van der Waals surface area (Å²) in [5.74, 6) is -0.945. The van der Waals surface area contributed by atoms with Crippen LogP contribution >= 0.6 is 0 Å². The summed E-state index contributed by atoms with van der Waals surface area (Å²) in [5.41, 5.74) is 7.59. The van der Waals surface area contributed by atoms with Crippen LogP contribution in [0.2, 0.25) is 0 Å². The highest BCUT2D eigenvalue weighted by molar-refractivity contribution is 5.88. The van der Waals surface area contributed by atoms with Crippen molar-refractivity contribution in [2.75, 3.05) is 18.8 Å². The van der Waals surface area contributed by atoms with Gasteiger partial charge in [0.15, 0.2) is 0 Å². The second kappa shape index (κ2) is 5.84. The third kappa shape index (κ3) is 3.21. The fourth-order valence-electron chi connectivity index (χ4n) is 2.17. The summed E-state index contributed by atoms with van der Waals surface area (Å²) in [5, 5.41) is 15.6. The molecule has 1 aliphatic heterocycles. The molecule has 2 rings (SSSR count). The van der Waals surface area contributed by atoms with Crippen LogP contribution in [0.1, 0.15) is 28.8 Å². The number of aromatic carboxylic acids is 1. The van der Waals surface area contributed by atoms with Crippen LogP contribution in [0.15, 0.2) is 18.2 Å². The predicted octanol–water partition coefficient (Wildman–Crippen LogP) is 0.809. The Morgan fingerprint density at radius 1 is 1.44 bits per heavy atom. The standard InChI is InChI=1S/C13H19N3O2/c14-12-7-9(13(17)18)1-2-10(12)8-16-11-3-5-15-6-4-11/h1-2,7,11,15-16H,3-6,8,14H2,(H,17,18). The molecule has 1 aliphatic rings. The van der Waals surface area contributed by atoms with E-state index in [1.165, 1.54) is 6.07 Å². The van der Waals surface area contributed by atoms with Crippen LogP contribution in [0.3, 0.4) is 0 Å². The predicted molar refractivity (Wildman–Crippen MR) is 70.5 cm³/mol. The van der Waals surface area contributed by atoms with Crippen LogP contribution in [-0.2, 0) is 6.54 Å². The van der Waals surface area contributed by atoms with Crippen molar-refractivity contribution in [3.63, 3.8) is 0 Å². The van der Waals surface area contributed by atoms with E-state index in [1.807, 2.05) is 0 Å². The van der Waals surface area contributed by atoms with Gasteiger partial charge in [-0.05, 0) is 43.6 Å². The molecule has 0 amide bonds. The molecule has 0 unspecified atom stereocenters. The minimum atomic E-state index is -0.945. The molecule has 0 aliphatic carbocycles. The molecule has 5 N–H and O–H groups in total. The summed E-state index contributed by atoms with van der Waals surface area (Å²) < 4.78 is 0. The average molecular weight is 249 g/mol. The van der Waals surface area contributed by atoms with Gasteiger partial charge >= 0.3 is 5.97 Å². The van der Waals surface area contributed by atoms with E-state index in [2.05, 4.69) is 10.6 Å². The molecular weight excluding hydrogens is 230 g/mol. The molecule has 1 aromatic rings. The maximum atomic E-state index is 10.8. The van der Waals surface area contributed by atoms with Crippen molar-refractivity contribution in [1.82, 2.24) is 10.6 Å². The van der Waals surface area contributed by atoms with Crippen molar-refractivity contribution in [3.8, 4) is 0 Å². The zero-order valence-corrected chi connectivity index (χ0v) is 10.3. The van der Waals surface area contributed by atoms with Gasteiger partial charge in [0.2, 0.25) is 0 Å². The lowest BCUT2D eigenvalue weighted by molar-refractivity contribution is 0.0697. The Labute approximate surface area is 106 Å². The molecule has 0 atom stereocenters. The molecule has 1 fully saturated rings. The van der Waals surface area contributed by atoms with Gasteiger partial charge in [-0.1, -0.05) is 6.07 Å². The minimum Gasteiger partial charge on any atom is -0.478 e. The lowest BCUT2D eigenvalue weighted by Gasteiger charge is -2.24. The molecule has 18 heavy (non-hydrogen) atoms. The van der Waals surface area contributed by atoms with Gasteiger partial charge in [0.1, 0.15) is 0 Å². The van der Waals surface area contributed by atoms with Crippen LogP contribution in [0.25, 0.3) is 0 Å². The van der Waals surface area contributed by atoms with Gasteiger partial charge in [-0.3, -0.25) is 0 Å². The normalized spacial score (nSPS) is 16.7. The Morgan fingerprint density at radius 3 is 2.78 bits per heavy atom. The van der Waals surface area contributed by atoms with Gasteiger partial charge < -0.3 is 21.5 Å².